The lowest BCUT2D eigenvalue weighted by molar-refractivity contribution is 0.0889. The average Bonchev–Trinajstić information content (AvgIpc) is 3.03. The maximum atomic E-state index is 1.62. The predicted molar refractivity (Wildman–Crippen MR) is 74.1 cm³/mol. The van der Waals surface area contributed by atoms with E-state index in [1.807, 2.05) is 0 Å². The lowest BCUT2D eigenvalue weighted by Gasteiger charge is -2.42. The second-order valence-electron chi connectivity index (χ2n) is 7.26. The van der Waals surface area contributed by atoms with E-state index in [2.05, 4.69) is 0 Å². The minimum atomic E-state index is 0.829. The molecule has 0 saturated heterocycles. The molecule has 0 radical (unpaired) electrons. The van der Waals surface area contributed by atoms with Crippen LogP contribution in [0, 0.1) is 17.3 Å². The highest BCUT2D eigenvalue weighted by Crippen LogP contribution is 2.54. The second-order valence-corrected chi connectivity index (χ2v) is 7.26. The fourth-order valence-electron chi connectivity index (χ4n) is 5.36. The largest absolute Gasteiger partial charge is 0.0533 e. The van der Waals surface area contributed by atoms with Crippen LogP contribution < -0.4 is 0 Å². The van der Waals surface area contributed by atoms with E-state index in [4.69, 9.17) is 0 Å². The molecule has 3 fully saturated rings. The number of hydrogen-bond donors (Lipinski definition) is 0. The van der Waals surface area contributed by atoms with Gasteiger partial charge < -0.3 is 0 Å². The third kappa shape index (κ3) is 2.56. The van der Waals surface area contributed by atoms with Crippen LogP contribution in [0.5, 0.6) is 0 Å². The highest BCUT2D eigenvalue weighted by molar-refractivity contribution is 4.93. The molecule has 0 aliphatic heterocycles. The van der Waals surface area contributed by atoms with Crippen molar-refractivity contribution in [1.29, 1.82) is 0 Å². The molecule has 17 heavy (non-hydrogen) atoms. The highest BCUT2D eigenvalue weighted by atomic mass is 14.5. The summed E-state index contributed by atoms with van der Waals surface area (Å²) in [6.45, 7) is 0. The number of rotatable bonds is 3. The SMILES string of the molecule is C1CCC(C2(CC3CCCC3)CCCC2)CC1. The van der Waals surface area contributed by atoms with Crippen molar-refractivity contribution in [1.82, 2.24) is 0 Å². The van der Waals surface area contributed by atoms with Crippen molar-refractivity contribution in [3.63, 3.8) is 0 Å². The van der Waals surface area contributed by atoms with E-state index in [1.54, 1.807) is 57.8 Å². The molecule has 0 heteroatoms. The van der Waals surface area contributed by atoms with E-state index in [9.17, 15) is 0 Å². The van der Waals surface area contributed by atoms with Gasteiger partial charge in [0.05, 0.1) is 0 Å². The fourth-order valence-corrected chi connectivity index (χ4v) is 5.36. The standard InChI is InChI=1S/C17H30/c1-2-10-16(11-3-1)17(12-6-7-13-17)14-15-8-4-5-9-15/h15-16H,1-14H2. The molecule has 0 heterocycles. The van der Waals surface area contributed by atoms with Crippen LogP contribution in [0.4, 0.5) is 0 Å². The zero-order valence-electron chi connectivity index (χ0n) is 11.6. The van der Waals surface area contributed by atoms with Gasteiger partial charge in [0.15, 0.2) is 0 Å². The molecular weight excluding hydrogens is 204 g/mol. The van der Waals surface area contributed by atoms with Crippen LogP contribution in [0.1, 0.15) is 89.9 Å². The van der Waals surface area contributed by atoms with Crippen LogP contribution >= 0.6 is 0 Å². The van der Waals surface area contributed by atoms with Crippen molar-refractivity contribution in [3.8, 4) is 0 Å². The topological polar surface area (TPSA) is 0 Å². The van der Waals surface area contributed by atoms with Crippen LogP contribution in [0.3, 0.4) is 0 Å². The van der Waals surface area contributed by atoms with E-state index in [0.717, 1.165) is 17.3 Å². The van der Waals surface area contributed by atoms with Crippen molar-refractivity contribution in [2.75, 3.05) is 0 Å². The smallest absolute Gasteiger partial charge is 0.0267 e. The first-order valence-electron chi connectivity index (χ1n) is 8.39. The molecule has 0 N–H and O–H groups in total. The van der Waals surface area contributed by atoms with Gasteiger partial charge in [-0.3, -0.25) is 0 Å². The van der Waals surface area contributed by atoms with Crippen LogP contribution in [0.15, 0.2) is 0 Å². The summed E-state index contributed by atoms with van der Waals surface area (Å²) in [5, 5.41) is 0. The summed E-state index contributed by atoms with van der Waals surface area (Å²) in [6.07, 6.45) is 21.8. The second kappa shape index (κ2) is 5.33. The minimum absolute atomic E-state index is 0.829. The monoisotopic (exact) mass is 234 g/mol. The molecule has 0 aromatic heterocycles. The Morgan fingerprint density at radius 3 is 1.88 bits per heavy atom. The van der Waals surface area contributed by atoms with Crippen molar-refractivity contribution in [2.24, 2.45) is 17.3 Å². The molecule has 0 spiro atoms. The summed E-state index contributed by atoms with van der Waals surface area (Å²) in [6, 6.07) is 0. The van der Waals surface area contributed by atoms with Gasteiger partial charge in [-0.1, -0.05) is 57.8 Å². The minimum Gasteiger partial charge on any atom is -0.0533 e. The predicted octanol–water partition coefficient (Wildman–Crippen LogP) is 5.71. The molecule has 0 atom stereocenters. The van der Waals surface area contributed by atoms with Gasteiger partial charge >= 0.3 is 0 Å². The molecule has 3 rings (SSSR count). The van der Waals surface area contributed by atoms with E-state index in [-0.39, 0.29) is 0 Å². The molecule has 0 aromatic rings. The first-order valence-corrected chi connectivity index (χ1v) is 8.39. The Morgan fingerprint density at radius 1 is 0.647 bits per heavy atom. The van der Waals surface area contributed by atoms with Crippen LogP contribution in [0.2, 0.25) is 0 Å². The molecule has 0 nitrogen and oxygen atoms in total. The summed E-state index contributed by atoms with van der Waals surface area (Å²) in [7, 11) is 0. The molecule has 0 bridgehead atoms. The van der Waals surface area contributed by atoms with E-state index >= 15 is 0 Å². The van der Waals surface area contributed by atoms with Gasteiger partial charge in [0, 0.05) is 0 Å². The Labute approximate surface area is 108 Å². The average molecular weight is 234 g/mol. The van der Waals surface area contributed by atoms with Gasteiger partial charge in [0.2, 0.25) is 0 Å². The molecule has 98 valence electrons. The van der Waals surface area contributed by atoms with E-state index in [1.165, 1.54) is 32.1 Å². The number of hydrogen-bond acceptors (Lipinski definition) is 0. The van der Waals surface area contributed by atoms with Crippen molar-refractivity contribution in [2.45, 2.75) is 89.9 Å². The molecule has 0 aromatic carbocycles. The van der Waals surface area contributed by atoms with Gasteiger partial charge in [0.1, 0.15) is 0 Å². The third-order valence-electron chi connectivity index (χ3n) is 6.24. The van der Waals surface area contributed by atoms with E-state index in [0.29, 0.717) is 0 Å². The Kier molecular flexibility index (Phi) is 3.78. The molecule has 0 amide bonds. The Balaban J connectivity index is 1.67. The third-order valence-corrected chi connectivity index (χ3v) is 6.24. The molecule has 3 aliphatic carbocycles. The zero-order valence-corrected chi connectivity index (χ0v) is 11.6. The summed E-state index contributed by atoms with van der Waals surface area (Å²) in [5.74, 6) is 2.24. The van der Waals surface area contributed by atoms with E-state index < -0.39 is 0 Å². The van der Waals surface area contributed by atoms with Crippen molar-refractivity contribution >= 4 is 0 Å². The summed E-state index contributed by atoms with van der Waals surface area (Å²) in [5.41, 5.74) is 0.829. The van der Waals surface area contributed by atoms with Crippen molar-refractivity contribution in [3.05, 3.63) is 0 Å². The van der Waals surface area contributed by atoms with Gasteiger partial charge in [-0.2, -0.15) is 0 Å². The van der Waals surface area contributed by atoms with Crippen LogP contribution in [-0.2, 0) is 0 Å². The van der Waals surface area contributed by atoms with Gasteiger partial charge in [0.25, 0.3) is 0 Å². The van der Waals surface area contributed by atoms with Gasteiger partial charge in [-0.15, -0.1) is 0 Å². The molecule has 3 saturated carbocycles. The van der Waals surface area contributed by atoms with Crippen LogP contribution in [0.25, 0.3) is 0 Å². The highest BCUT2D eigenvalue weighted by Gasteiger charge is 2.42. The van der Waals surface area contributed by atoms with Crippen LogP contribution in [-0.4, -0.2) is 0 Å². The Hall–Kier alpha value is 0. The van der Waals surface area contributed by atoms with Crippen molar-refractivity contribution < 1.29 is 0 Å². The maximum absolute atomic E-state index is 1.62. The molecule has 3 aliphatic rings. The Morgan fingerprint density at radius 2 is 1.24 bits per heavy atom. The first-order chi connectivity index (χ1) is 8.39. The first kappa shape index (κ1) is 12.1. The zero-order chi connectivity index (χ0) is 11.6. The quantitative estimate of drug-likeness (QED) is 0.587. The lowest BCUT2D eigenvalue weighted by Crippen LogP contribution is -2.31. The fraction of sp³-hybridized carbons (Fsp3) is 1.00. The normalized spacial score (nSPS) is 31.1. The summed E-state index contributed by atoms with van der Waals surface area (Å²) < 4.78 is 0. The summed E-state index contributed by atoms with van der Waals surface area (Å²) >= 11 is 0. The molecule has 0 unspecified atom stereocenters. The lowest BCUT2D eigenvalue weighted by atomic mass is 9.63. The van der Waals surface area contributed by atoms with Gasteiger partial charge in [-0.05, 0) is 49.4 Å². The Bertz CT molecular complexity index is 224. The molecular formula is C17H30. The maximum Gasteiger partial charge on any atom is -0.0267 e. The van der Waals surface area contributed by atoms with Gasteiger partial charge in [-0.25, -0.2) is 0 Å². The summed E-state index contributed by atoms with van der Waals surface area (Å²) in [4.78, 5) is 0.